The smallest absolute Gasteiger partial charge is 0.351 e. The Balaban J connectivity index is 1.38. The van der Waals surface area contributed by atoms with Crippen LogP contribution in [-0.4, -0.2) is 35.0 Å². The fourth-order valence-corrected chi connectivity index (χ4v) is 4.20. The molecule has 0 spiro atoms. The molecule has 1 fully saturated rings. The molecule has 2 atom stereocenters. The maximum atomic E-state index is 12.0. The molecule has 0 amide bonds. The van der Waals surface area contributed by atoms with Crippen LogP contribution in [0.25, 0.3) is 0 Å². The van der Waals surface area contributed by atoms with E-state index in [2.05, 4.69) is 11.9 Å². The summed E-state index contributed by atoms with van der Waals surface area (Å²) < 4.78 is 17.7. The molecule has 1 aromatic rings. The van der Waals surface area contributed by atoms with E-state index in [0.29, 0.717) is 6.42 Å². The van der Waals surface area contributed by atoms with Crippen molar-refractivity contribution >= 4 is 11.8 Å². The number of unbranched alkanes of at least 4 members (excludes halogenated alkanes) is 14. The Morgan fingerprint density at radius 2 is 1.56 bits per heavy atom. The third-order valence-corrected chi connectivity index (χ3v) is 6.26. The van der Waals surface area contributed by atoms with Gasteiger partial charge >= 0.3 is 11.7 Å². The molecule has 0 aliphatic carbocycles. The largest absolute Gasteiger partial charge is 0.460 e. The van der Waals surface area contributed by atoms with Crippen molar-refractivity contribution in [3.8, 4) is 0 Å². The average Bonchev–Trinajstić information content (AvgIpc) is 3.29. The third kappa shape index (κ3) is 12.0. The van der Waals surface area contributed by atoms with Crippen molar-refractivity contribution in [1.29, 1.82) is 0 Å². The molecular weight excluding hydrogens is 434 g/mol. The van der Waals surface area contributed by atoms with Gasteiger partial charge in [0.05, 0.1) is 6.61 Å². The zero-order valence-corrected chi connectivity index (χ0v) is 21.1. The van der Waals surface area contributed by atoms with Crippen molar-refractivity contribution in [3.63, 3.8) is 0 Å². The molecule has 2 heterocycles. The number of rotatable bonds is 19. The predicted molar refractivity (Wildman–Crippen MR) is 133 cm³/mol. The van der Waals surface area contributed by atoms with Crippen molar-refractivity contribution < 1.29 is 19.0 Å². The lowest BCUT2D eigenvalue weighted by atomic mass is 10.0. The van der Waals surface area contributed by atoms with Crippen LogP contribution in [0.4, 0.5) is 5.82 Å². The highest BCUT2D eigenvalue weighted by Crippen LogP contribution is 2.20. The van der Waals surface area contributed by atoms with Gasteiger partial charge in [0.15, 0.2) is 12.5 Å². The first-order valence-corrected chi connectivity index (χ1v) is 13.4. The van der Waals surface area contributed by atoms with Gasteiger partial charge in [0.25, 0.3) is 0 Å². The molecule has 1 aliphatic heterocycles. The van der Waals surface area contributed by atoms with Gasteiger partial charge in [0.1, 0.15) is 12.4 Å². The zero-order chi connectivity index (χ0) is 24.4. The van der Waals surface area contributed by atoms with Crippen molar-refractivity contribution in [1.82, 2.24) is 9.55 Å². The number of hydrogen-bond donors (Lipinski definition) is 1. The lowest BCUT2D eigenvalue weighted by molar-refractivity contribution is -0.159. The highest BCUT2D eigenvalue weighted by Gasteiger charge is 2.29. The van der Waals surface area contributed by atoms with E-state index in [1.807, 2.05) is 0 Å². The van der Waals surface area contributed by atoms with Gasteiger partial charge < -0.3 is 19.9 Å². The average molecular weight is 480 g/mol. The number of esters is 1. The second-order valence-corrected chi connectivity index (χ2v) is 9.28. The Kier molecular flexibility index (Phi) is 14.6. The van der Waals surface area contributed by atoms with E-state index in [1.54, 1.807) is 0 Å². The second-order valence-electron chi connectivity index (χ2n) is 9.28. The first-order valence-electron chi connectivity index (χ1n) is 13.4. The molecule has 0 unspecified atom stereocenters. The summed E-state index contributed by atoms with van der Waals surface area (Å²) in [6, 6.07) is 1.52. The van der Waals surface area contributed by atoms with Gasteiger partial charge in [0, 0.05) is 12.6 Å². The van der Waals surface area contributed by atoms with Gasteiger partial charge in [-0.05, 0) is 12.5 Å². The van der Waals surface area contributed by atoms with Crippen molar-refractivity contribution in [3.05, 3.63) is 22.7 Å². The van der Waals surface area contributed by atoms with E-state index in [0.717, 1.165) is 12.8 Å². The Hall–Kier alpha value is -1.93. The van der Waals surface area contributed by atoms with E-state index in [9.17, 15) is 9.59 Å². The topological polar surface area (TPSA) is 106 Å². The van der Waals surface area contributed by atoms with Gasteiger partial charge in [-0.2, -0.15) is 4.98 Å². The number of nitrogen functional groups attached to an aromatic ring is 1. The van der Waals surface area contributed by atoms with Crippen LogP contribution in [0.15, 0.2) is 17.1 Å². The molecule has 1 aromatic heterocycles. The Morgan fingerprint density at radius 3 is 2.12 bits per heavy atom. The van der Waals surface area contributed by atoms with Crippen molar-refractivity contribution in [2.24, 2.45) is 0 Å². The summed E-state index contributed by atoms with van der Waals surface area (Å²) in [5.41, 5.74) is 4.99. The number of nitrogens with two attached hydrogens (primary N) is 1. The van der Waals surface area contributed by atoms with Crippen molar-refractivity contribution in [2.45, 2.75) is 122 Å². The Labute approximate surface area is 204 Å². The van der Waals surface area contributed by atoms with E-state index in [-0.39, 0.29) is 25.0 Å². The van der Waals surface area contributed by atoms with E-state index >= 15 is 0 Å². The summed E-state index contributed by atoms with van der Waals surface area (Å²) in [4.78, 5) is 27.5. The second kappa shape index (κ2) is 17.5. The summed E-state index contributed by atoms with van der Waals surface area (Å²) >= 11 is 0. The fraction of sp³-hybridized carbons (Fsp3) is 0.808. The summed E-state index contributed by atoms with van der Waals surface area (Å²) in [5.74, 6) is -0.0823. The molecule has 0 radical (unpaired) electrons. The molecule has 194 valence electrons. The minimum atomic E-state index is -0.681. The van der Waals surface area contributed by atoms with Crippen LogP contribution in [0, 0.1) is 0 Å². The van der Waals surface area contributed by atoms with Crippen LogP contribution in [0.3, 0.4) is 0 Å². The monoisotopic (exact) mass is 479 g/mol. The quantitative estimate of drug-likeness (QED) is 0.206. The maximum Gasteiger partial charge on any atom is 0.351 e. The minimum absolute atomic E-state index is 0.0191. The molecular formula is C26H45N3O5. The van der Waals surface area contributed by atoms with Gasteiger partial charge in [-0.15, -0.1) is 0 Å². The van der Waals surface area contributed by atoms with Gasteiger partial charge in [-0.3, -0.25) is 9.36 Å². The number of ether oxygens (including phenoxy) is 3. The molecule has 8 heteroatoms. The molecule has 2 rings (SSSR count). The van der Waals surface area contributed by atoms with E-state index < -0.39 is 18.2 Å². The van der Waals surface area contributed by atoms with Crippen LogP contribution >= 0.6 is 0 Å². The zero-order valence-electron chi connectivity index (χ0n) is 21.1. The molecule has 0 bridgehead atoms. The number of anilines is 1. The summed E-state index contributed by atoms with van der Waals surface area (Å²) in [6.07, 6.45) is 20.1. The number of carbonyl (C=O) groups excluding carboxylic acids is 1. The molecule has 8 nitrogen and oxygen atoms in total. The van der Waals surface area contributed by atoms with Crippen molar-refractivity contribution in [2.75, 3.05) is 18.9 Å². The Morgan fingerprint density at radius 1 is 1.00 bits per heavy atom. The summed E-state index contributed by atoms with van der Waals surface area (Å²) in [7, 11) is 0. The summed E-state index contributed by atoms with van der Waals surface area (Å²) in [5, 5.41) is 0. The highest BCUT2D eigenvalue weighted by atomic mass is 16.7. The number of aromatic nitrogens is 2. The molecule has 1 aliphatic rings. The predicted octanol–water partition coefficient (Wildman–Crippen LogP) is 5.50. The normalized spacial score (nSPS) is 17.8. The van der Waals surface area contributed by atoms with Crippen LogP contribution < -0.4 is 11.4 Å². The minimum Gasteiger partial charge on any atom is -0.460 e. The Bertz CT molecular complexity index is 739. The van der Waals surface area contributed by atoms with Gasteiger partial charge in [-0.25, -0.2) is 4.79 Å². The van der Waals surface area contributed by atoms with Gasteiger partial charge in [0.2, 0.25) is 0 Å². The molecule has 1 saturated heterocycles. The SMILES string of the molecule is CCCCCCCCCCCCCCCCCC(=O)OC[C@H]1OC[C@@H](n2ccc(N)nc2=O)O1. The molecule has 2 N–H and O–H groups in total. The maximum absolute atomic E-state index is 12.0. The van der Waals surface area contributed by atoms with Gasteiger partial charge in [-0.1, -0.05) is 96.8 Å². The fourth-order valence-electron chi connectivity index (χ4n) is 4.20. The summed E-state index contributed by atoms with van der Waals surface area (Å²) in [6.45, 7) is 2.47. The number of hydrogen-bond acceptors (Lipinski definition) is 7. The highest BCUT2D eigenvalue weighted by molar-refractivity contribution is 5.69. The molecule has 0 aromatic carbocycles. The van der Waals surface area contributed by atoms with Crippen LogP contribution in [0.2, 0.25) is 0 Å². The van der Waals surface area contributed by atoms with Crippen LogP contribution in [0.5, 0.6) is 0 Å². The third-order valence-electron chi connectivity index (χ3n) is 6.26. The number of carbonyl (C=O) groups is 1. The van der Waals surface area contributed by atoms with Crippen LogP contribution in [-0.2, 0) is 19.0 Å². The first kappa shape index (κ1) is 28.3. The lowest BCUT2D eigenvalue weighted by Gasteiger charge is -2.13. The van der Waals surface area contributed by atoms with Crippen LogP contribution in [0.1, 0.15) is 116 Å². The number of nitrogens with zero attached hydrogens (tertiary/aromatic N) is 2. The molecule has 34 heavy (non-hydrogen) atoms. The lowest BCUT2D eigenvalue weighted by Crippen LogP contribution is -2.29. The first-order chi connectivity index (χ1) is 16.6. The standard InChI is InChI=1S/C26H45N3O5/c1-2-3-4-5-6-7-8-9-10-11-12-13-14-15-16-17-24(30)32-21-25-33-20-23(34-25)29-19-18-22(27)28-26(29)31/h18-19,23,25H,2-17,20-21H2,1H3,(H2,27,28,31)/t23-,25-/m0/s1. The van der Waals surface area contributed by atoms with E-state index in [4.69, 9.17) is 19.9 Å². The molecule has 0 saturated carbocycles. The van der Waals surface area contributed by atoms with E-state index in [1.165, 1.54) is 100 Å².